The Morgan fingerprint density at radius 3 is 1.85 bits per heavy atom. The summed E-state index contributed by atoms with van der Waals surface area (Å²) in [5.74, 6) is 0.570. The van der Waals surface area contributed by atoms with Gasteiger partial charge in [-0.3, -0.25) is 0 Å². The molecule has 136 valence electrons. The van der Waals surface area contributed by atoms with Gasteiger partial charge in [0.25, 0.3) is 0 Å². The first-order valence-corrected chi connectivity index (χ1v) is 8.46. The molecule has 0 fully saturated rings. The third kappa shape index (κ3) is 4.98. The van der Waals surface area contributed by atoms with Gasteiger partial charge in [0, 0.05) is 16.7 Å². The van der Waals surface area contributed by atoms with Crippen molar-refractivity contribution < 1.29 is 14.3 Å². The van der Waals surface area contributed by atoms with E-state index in [-0.39, 0.29) is 19.2 Å². The molecule has 0 radical (unpaired) electrons. The van der Waals surface area contributed by atoms with E-state index in [2.05, 4.69) is 21.5 Å². The lowest BCUT2D eigenvalue weighted by Gasteiger charge is -2.09. The van der Waals surface area contributed by atoms with Crippen LogP contribution in [0.15, 0.2) is 72.8 Å². The Morgan fingerprint density at radius 1 is 0.852 bits per heavy atom. The maximum Gasteiger partial charge on any atom is 0.333 e. The van der Waals surface area contributed by atoms with Crippen LogP contribution in [0, 0.1) is 0 Å². The Balaban J connectivity index is 1.82. The number of carbonyl (C=O) groups is 1. The Labute approximate surface area is 157 Å². The van der Waals surface area contributed by atoms with E-state index in [1.54, 1.807) is 6.92 Å². The summed E-state index contributed by atoms with van der Waals surface area (Å²) in [5, 5.41) is 0. The maximum atomic E-state index is 11.4. The highest BCUT2D eigenvalue weighted by Crippen LogP contribution is 2.22. The van der Waals surface area contributed by atoms with E-state index in [9.17, 15) is 4.79 Å². The topological polar surface area (TPSA) is 74.2 Å². The third-order valence-electron chi connectivity index (χ3n) is 3.57. The molecule has 6 nitrogen and oxygen atoms in total. The second-order valence-electron chi connectivity index (χ2n) is 5.76. The lowest BCUT2D eigenvalue weighted by Crippen LogP contribution is -2.14. The molecule has 1 aromatic heterocycles. The monoisotopic (exact) mass is 361 g/mol. The second-order valence-corrected chi connectivity index (χ2v) is 5.76. The summed E-state index contributed by atoms with van der Waals surface area (Å²) < 4.78 is 10.6. The van der Waals surface area contributed by atoms with Crippen LogP contribution in [-0.2, 0) is 9.53 Å². The zero-order chi connectivity index (χ0) is 19.1. The fourth-order valence-corrected chi connectivity index (χ4v) is 2.24. The van der Waals surface area contributed by atoms with Crippen LogP contribution in [0.25, 0.3) is 22.8 Å². The van der Waals surface area contributed by atoms with Crippen LogP contribution in [0.4, 0.5) is 0 Å². The molecular weight excluding hydrogens is 342 g/mol. The van der Waals surface area contributed by atoms with E-state index in [1.165, 1.54) is 0 Å². The van der Waals surface area contributed by atoms with Gasteiger partial charge in [-0.2, -0.15) is 9.97 Å². The molecule has 0 aliphatic heterocycles. The lowest BCUT2D eigenvalue weighted by molar-refractivity contribution is -0.139. The highest BCUT2D eigenvalue weighted by molar-refractivity contribution is 5.86. The standard InChI is InChI=1S/C21H19N3O3/c1-15(2)20(25)26-13-14-27-21-23-18(16-9-5-3-6-10-16)22-19(24-21)17-11-7-4-8-12-17/h3-12H,1,13-14H2,2H3. The molecule has 0 unspecified atom stereocenters. The zero-order valence-electron chi connectivity index (χ0n) is 15.0. The van der Waals surface area contributed by atoms with E-state index in [4.69, 9.17) is 9.47 Å². The maximum absolute atomic E-state index is 11.4. The number of hydrogen-bond acceptors (Lipinski definition) is 6. The van der Waals surface area contributed by atoms with Crippen LogP contribution in [0.5, 0.6) is 6.01 Å². The van der Waals surface area contributed by atoms with Crippen LogP contribution in [0.1, 0.15) is 6.92 Å². The van der Waals surface area contributed by atoms with Gasteiger partial charge >= 0.3 is 12.0 Å². The zero-order valence-corrected chi connectivity index (χ0v) is 15.0. The Hall–Kier alpha value is -3.54. The summed E-state index contributed by atoms with van der Waals surface area (Å²) in [6, 6.07) is 19.4. The molecule has 0 aliphatic carbocycles. The molecule has 6 heteroatoms. The highest BCUT2D eigenvalue weighted by atomic mass is 16.6. The molecule has 0 N–H and O–H groups in total. The van der Waals surface area contributed by atoms with E-state index < -0.39 is 5.97 Å². The minimum Gasteiger partial charge on any atom is -0.460 e. The molecule has 3 aromatic rings. The Bertz CT molecular complexity index is 870. The summed E-state index contributed by atoms with van der Waals surface area (Å²) in [5.41, 5.74) is 2.05. The van der Waals surface area contributed by atoms with Gasteiger partial charge in [-0.1, -0.05) is 67.2 Å². The average Bonchev–Trinajstić information content (AvgIpc) is 2.72. The molecule has 2 aromatic carbocycles. The van der Waals surface area contributed by atoms with Crippen molar-refractivity contribution in [3.63, 3.8) is 0 Å². The number of hydrogen-bond donors (Lipinski definition) is 0. The smallest absolute Gasteiger partial charge is 0.333 e. The van der Waals surface area contributed by atoms with Crippen molar-refractivity contribution in [3.05, 3.63) is 72.8 Å². The van der Waals surface area contributed by atoms with Crippen molar-refractivity contribution in [1.82, 2.24) is 15.0 Å². The van der Waals surface area contributed by atoms with Crippen molar-refractivity contribution in [2.45, 2.75) is 6.92 Å². The number of nitrogens with zero attached hydrogens (tertiary/aromatic N) is 3. The molecule has 3 rings (SSSR count). The fraction of sp³-hybridized carbons (Fsp3) is 0.143. The quantitative estimate of drug-likeness (QED) is 0.363. The van der Waals surface area contributed by atoms with Crippen molar-refractivity contribution in [1.29, 1.82) is 0 Å². The van der Waals surface area contributed by atoms with Crippen LogP contribution in [-0.4, -0.2) is 34.1 Å². The third-order valence-corrected chi connectivity index (χ3v) is 3.57. The molecule has 0 bridgehead atoms. The average molecular weight is 361 g/mol. The number of benzene rings is 2. The van der Waals surface area contributed by atoms with Gasteiger partial charge in [0.2, 0.25) is 0 Å². The summed E-state index contributed by atoms with van der Waals surface area (Å²) in [6.45, 7) is 5.34. The summed E-state index contributed by atoms with van der Waals surface area (Å²) in [6.07, 6.45) is 0. The van der Waals surface area contributed by atoms with Crippen LogP contribution in [0.3, 0.4) is 0 Å². The predicted octanol–water partition coefficient (Wildman–Crippen LogP) is 3.70. The number of ether oxygens (including phenoxy) is 2. The van der Waals surface area contributed by atoms with Crippen molar-refractivity contribution in [3.8, 4) is 28.8 Å². The van der Waals surface area contributed by atoms with Crippen molar-refractivity contribution in [2.75, 3.05) is 13.2 Å². The highest BCUT2D eigenvalue weighted by Gasteiger charge is 2.11. The van der Waals surface area contributed by atoms with Gasteiger partial charge in [0.1, 0.15) is 13.2 Å². The molecule has 0 saturated carbocycles. The first-order chi connectivity index (χ1) is 13.1. The summed E-state index contributed by atoms with van der Waals surface area (Å²) in [4.78, 5) is 24.7. The molecule has 0 spiro atoms. The fourth-order valence-electron chi connectivity index (χ4n) is 2.24. The van der Waals surface area contributed by atoms with Crippen LogP contribution < -0.4 is 4.74 Å². The van der Waals surface area contributed by atoms with Crippen molar-refractivity contribution >= 4 is 5.97 Å². The number of carbonyl (C=O) groups excluding carboxylic acids is 1. The summed E-state index contributed by atoms with van der Waals surface area (Å²) in [7, 11) is 0. The number of esters is 1. The molecule has 0 atom stereocenters. The Morgan fingerprint density at radius 2 is 1.37 bits per heavy atom. The van der Waals surface area contributed by atoms with Gasteiger partial charge in [0.15, 0.2) is 11.6 Å². The van der Waals surface area contributed by atoms with Crippen molar-refractivity contribution in [2.24, 2.45) is 0 Å². The van der Waals surface area contributed by atoms with E-state index in [1.807, 2.05) is 60.7 Å². The number of aromatic nitrogens is 3. The van der Waals surface area contributed by atoms with Crippen LogP contribution >= 0.6 is 0 Å². The molecule has 0 amide bonds. The molecule has 27 heavy (non-hydrogen) atoms. The minimum atomic E-state index is -0.454. The van der Waals surface area contributed by atoms with E-state index >= 15 is 0 Å². The first kappa shape index (κ1) is 18.3. The minimum absolute atomic E-state index is 0.0821. The normalized spacial score (nSPS) is 10.3. The molecule has 0 aliphatic rings. The van der Waals surface area contributed by atoms with Gasteiger partial charge in [0.05, 0.1) is 0 Å². The van der Waals surface area contributed by atoms with Gasteiger partial charge in [-0.05, 0) is 6.92 Å². The number of rotatable bonds is 7. The molecular formula is C21H19N3O3. The molecule has 1 heterocycles. The summed E-state index contributed by atoms with van der Waals surface area (Å²) >= 11 is 0. The Kier molecular flexibility index (Phi) is 5.89. The second kappa shape index (κ2) is 8.71. The van der Waals surface area contributed by atoms with E-state index in [0.717, 1.165) is 11.1 Å². The van der Waals surface area contributed by atoms with Gasteiger partial charge in [-0.15, -0.1) is 0 Å². The lowest BCUT2D eigenvalue weighted by atomic mass is 10.2. The largest absolute Gasteiger partial charge is 0.460 e. The predicted molar refractivity (Wildman–Crippen MR) is 102 cm³/mol. The van der Waals surface area contributed by atoms with Gasteiger partial charge in [-0.25, -0.2) is 9.78 Å². The first-order valence-electron chi connectivity index (χ1n) is 8.46. The SMILES string of the molecule is C=C(C)C(=O)OCCOc1nc(-c2ccccc2)nc(-c2ccccc2)n1. The van der Waals surface area contributed by atoms with Gasteiger partial charge < -0.3 is 9.47 Å². The molecule has 0 saturated heterocycles. The van der Waals surface area contributed by atoms with E-state index in [0.29, 0.717) is 17.2 Å². The van der Waals surface area contributed by atoms with Crippen LogP contribution in [0.2, 0.25) is 0 Å².